The molecule has 3 rings (SSSR count). The van der Waals surface area contributed by atoms with Crippen molar-refractivity contribution in [1.29, 1.82) is 0 Å². The number of aryl methyl sites for hydroxylation is 1. The van der Waals surface area contributed by atoms with Gasteiger partial charge in [0.1, 0.15) is 5.82 Å². The van der Waals surface area contributed by atoms with Gasteiger partial charge in [-0.1, -0.05) is 54.6 Å². The van der Waals surface area contributed by atoms with Gasteiger partial charge in [-0.3, -0.25) is 9.59 Å². The van der Waals surface area contributed by atoms with Crippen LogP contribution in [0.1, 0.15) is 39.9 Å². The minimum Gasteiger partial charge on any atom is -0.323 e. The summed E-state index contributed by atoms with van der Waals surface area (Å²) in [5.74, 6) is -1.44. The van der Waals surface area contributed by atoms with E-state index in [4.69, 9.17) is 0 Å². The molecule has 0 heterocycles. The third-order valence-electron chi connectivity index (χ3n) is 4.46. The second kappa shape index (κ2) is 7.96. The predicted molar refractivity (Wildman–Crippen MR) is 104 cm³/mol. The van der Waals surface area contributed by atoms with Gasteiger partial charge in [-0.25, -0.2) is 4.39 Å². The van der Waals surface area contributed by atoms with E-state index in [0.29, 0.717) is 16.7 Å². The average molecular weight is 361 g/mol. The Morgan fingerprint density at radius 3 is 2.30 bits per heavy atom. The standard InChI is InChI=1S/C23H20FNO2/c1-15-11-12-21(20(24)13-15)25-23(27)16(2)18-9-6-10-19(14-18)22(26)17-7-4-3-5-8-17/h3-14,16H,1-2H3,(H,25,27)/t16-/m1/s1. The molecule has 0 saturated heterocycles. The second-order valence-corrected chi connectivity index (χ2v) is 6.51. The lowest BCUT2D eigenvalue weighted by atomic mass is 9.95. The van der Waals surface area contributed by atoms with E-state index in [2.05, 4.69) is 5.32 Å². The number of amides is 1. The molecule has 0 radical (unpaired) electrons. The third-order valence-corrected chi connectivity index (χ3v) is 4.46. The number of anilines is 1. The molecule has 0 bridgehead atoms. The maximum absolute atomic E-state index is 14.0. The molecule has 0 saturated carbocycles. The summed E-state index contributed by atoms with van der Waals surface area (Å²) in [5, 5.41) is 2.62. The minimum atomic E-state index is -0.533. The molecule has 27 heavy (non-hydrogen) atoms. The first-order valence-electron chi connectivity index (χ1n) is 8.72. The molecule has 0 aliphatic carbocycles. The molecule has 136 valence electrons. The van der Waals surface area contributed by atoms with Crippen LogP contribution in [-0.2, 0) is 4.79 Å². The molecule has 3 aromatic rings. The summed E-state index contributed by atoms with van der Waals surface area (Å²) in [7, 11) is 0. The van der Waals surface area contributed by atoms with Crippen LogP contribution in [0.25, 0.3) is 0 Å². The smallest absolute Gasteiger partial charge is 0.231 e. The topological polar surface area (TPSA) is 46.2 Å². The SMILES string of the molecule is Cc1ccc(NC(=O)[C@H](C)c2cccc(C(=O)c3ccccc3)c2)c(F)c1. The van der Waals surface area contributed by atoms with Crippen molar-refractivity contribution in [2.45, 2.75) is 19.8 Å². The van der Waals surface area contributed by atoms with Crippen molar-refractivity contribution >= 4 is 17.4 Å². The molecule has 3 aromatic carbocycles. The minimum absolute atomic E-state index is 0.102. The highest BCUT2D eigenvalue weighted by molar-refractivity contribution is 6.09. The maximum atomic E-state index is 14.0. The van der Waals surface area contributed by atoms with Gasteiger partial charge in [-0.05, 0) is 43.2 Å². The Hall–Kier alpha value is -3.27. The first-order valence-corrected chi connectivity index (χ1v) is 8.72. The molecule has 0 aliphatic heterocycles. The highest BCUT2D eigenvalue weighted by atomic mass is 19.1. The number of rotatable bonds is 5. The maximum Gasteiger partial charge on any atom is 0.231 e. The fourth-order valence-electron chi connectivity index (χ4n) is 2.82. The summed E-state index contributed by atoms with van der Waals surface area (Å²) in [6, 6.07) is 20.6. The van der Waals surface area contributed by atoms with E-state index in [9.17, 15) is 14.0 Å². The number of nitrogens with one attached hydrogen (secondary N) is 1. The molecular formula is C23H20FNO2. The van der Waals surface area contributed by atoms with E-state index in [0.717, 1.165) is 5.56 Å². The van der Waals surface area contributed by atoms with E-state index < -0.39 is 11.7 Å². The van der Waals surface area contributed by atoms with E-state index in [-0.39, 0.29) is 17.4 Å². The van der Waals surface area contributed by atoms with Gasteiger partial charge in [0.05, 0.1) is 11.6 Å². The summed E-state index contributed by atoms with van der Waals surface area (Å²) in [6.07, 6.45) is 0. The second-order valence-electron chi connectivity index (χ2n) is 6.51. The number of hydrogen-bond donors (Lipinski definition) is 1. The molecule has 1 amide bonds. The van der Waals surface area contributed by atoms with Crippen LogP contribution in [0.4, 0.5) is 10.1 Å². The van der Waals surface area contributed by atoms with Crippen LogP contribution < -0.4 is 5.32 Å². The molecule has 4 heteroatoms. The number of hydrogen-bond acceptors (Lipinski definition) is 2. The van der Waals surface area contributed by atoms with E-state index >= 15 is 0 Å². The first kappa shape index (κ1) is 18.5. The van der Waals surface area contributed by atoms with Gasteiger partial charge >= 0.3 is 0 Å². The van der Waals surface area contributed by atoms with Crippen LogP contribution in [0.5, 0.6) is 0 Å². The van der Waals surface area contributed by atoms with Crippen LogP contribution in [-0.4, -0.2) is 11.7 Å². The summed E-state index contributed by atoms with van der Waals surface area (Å²) in [6.45, 7) is 3.51. The van der Waals surface area contributed by atoms with E-state index in [1.807, 2.05) is 18.2 Å². The first-order chi connectivity index (χ1) is 13.0. The molecule has 1 N–H and O–H groups in total. The fraction of sp³-hybridized carbons (Fsp3) is 0.130. The summed E-state index contributed by atoms with van der Waals surface area (Å²) in [5.41, 5.74) is 2.73. The molecule has 0 unspecified atom stereocenters. The van der Waals surface area contributed by atoms with Crippen LogP contribution in [0.3, 0.4) is 0 Å². The van der Waals surface area contributed by atoms with Gasteiger partial charge in [0.15, 0.2) is 5.78 Å². The zero-order chi connectivity index (χ0) is 19.4. The van der Waals surface area contributed by atoms with Crippen molar-refractivity contribution < 1.29 is 14.0 Å². The summed E-state index contributed by atoms with van der Waals surface area (Å²) < 4.78 is 14.0. The number of carbonyl (C=O) groups is 2. The Labute approximate surface area is 157 Å². The Morgan fingerprint density at radius 2 is 1.59 bits per heavy atom. The van der Waals surface area contributed by atoms with Gasteiger partial charge in [0.25, 0.3) is 0 Å². The zero-order valence-electron chi connectivity index (χ0n) is 15.2. The van der Waals surface area contributed by atoms with Crippen molar-refractivity contribution in [1.82, 2.24) is 0 Å². The molecule has 0 aromatic heterocycles. The van der Waals surface area contributed by atoms with Gasteiger partial charge in [-0.15, -0.1) is 0 Å². The van der Waals surface area contributed by atoms with Crippen molar-refractivity contribution in [3.05, 3.63) is 101 Å². The molecule has 0 fully saturated rings. The van der Waals surface area contributed by atoms with Gasteiger partial charge in [0.2, 0.25) is 5.91 Å². The van der Waals surface area contributed by atoms with Crippen LogP contribution in [0.15, 0.2) is 72.8 Å². The van der Waals surface area contributed by atoms with Crippen molar-refractivity contribution in [2.24, 2.45) is 0 Å². The number of carbonyl (C=O) groups excluding carboxylic acids is 2. The van der Waals surface area contributed by atoms with E-state index in [1.165, 1.54) is 6.07 Å². The lowest BCUT2D eigenvalue weighted by molar-refractivity contribution is -0.117. The van der Waals surface area contributed by atoms with Gasteiger partial charge < -0.3 is 5.32 Å². The molecule has 0 spiro atoms. The van der Waals surface area contributed by atoms with Crippen LogP contribution in [0, 0.1) is 12.7 Å². The third kappa shape index (κ3) is 4.29. The zero-order valence-corrected chi connectivity index (χ0v) is 15.2. The van der Waals surface area contributed by atoms with Crippen LogP contribution in [0.2, 0.25) is 0 Å². The van der Waals surface area contributed by atoms with E-state index in [1.54, 1.807) is 62.4 Å². The number of benzene rings is 3. The average Bonchev–Trinajstić information content (AvgIpc) is 2.69. The molecule has 3 nitrogen and oxygen atoms in total. The molecular weight excluding hydrogens is 341 g/mol. The van der Waals surface area contributed by atoms with Crippen molar-refractivity contribution in [3.63, 3.8) is 0 Å². The molecule has 1 atom stereocenters. The Bertz CT molecular complexity index is 983. The largest absolute Gasteiger partial charge is 0.323 e. The molecule has 0 aliphatic rings. The number of halogens is 1. The Kier molecular flexibility index (Phi) is 5.46. The highest BCUT2D eigenvalue weighted by Gasteiger charge is 2.18. The highest BCUT2D eigenvalue weighted by Crippen LogP contribution is 2.22. The lowest BCUT2D eigenvalue weighted by Gasteiger charge is -2.14. The van der Waals surface area contributed by atoms with Crippen molar-refractivity contribution in [2.75, 3.05) is 5.32 Å². The summed E-state index contributed by atoms with van der Waals surface area (Å²) >= 11 is 0. The van der Waals surface area contributed by atoms with Crippen molar-refractivity contribution in [3.8, 4) is 0 Å². The fourth-order valence-corrected chi connectivity index (χ4v) is 2.82. The Morgan fingerprint density at radius 1 is 0.889 bits per heavy atom. The van der Waals surface area contributed by atoms with Gasteiger partial charge in [0, 0.05) is 11.1 Å². The monoisotopic (exact) mass is 361 g/mol. The quantitative estimate of drug-likeness (QED) is 0.642. The predicted octanol–water partition coefficient (Wildman–Crippen LogP) is 5.11. The summed E-state index contributed by atoms with van der Waals surface area (Å²) in [4.78, 5) is 25.1. The number of ketones is 1. The van der Waals surface area contributed by atoms with Gasteiger partial charge in [-0.2, -0.15) is 0 Å². The Balaban J connectivity index is 1.79. The van der Waals surface area contributed by atoms with Crippen LogP contribution >= 0.6 is 0 Å². The lowest BCUT2D eigenvalue weighted by Crippen LogP contribution is -2.20. The normalized spacial score (nSPS) is 11.7.